The number of nitrogen functional groups attached to an aromatic ring is 1. The summed E-state index contributed by atoms with van der Waals surface area (Å²) in [7, 11) is 0. The summed E-state index contributed by atoms with van der Waals surface area (Å²) < 4.78 is 0. The summed E-state index contributed by atoms with van der Waals surface area (Å²) >= 11 is 1.51. The van der Waals surface area contributed by atoms with Gasteiger partial charge in [-0.15, -0.1) is 0 Å². The molecule has 0 amide bonds. The topological polar surface area (TPSA) is 64.7 Å². The van der Waals surface area contributed by atoms with Gasteiger partial charge in [-0.05, 0) is 19.1 Å². The fourth-order valence-electron chi connectivity index (χ4n) is 1.85. The van der Waals surface area contributed by atoms with Gasteiger partial charge >= 0.3 is 0 Å². The van der Waals surface area contributed by atoms with Gasteiger partial charge in [0.25, 0.3) is 0 Å². The standard InChI is InChI=1S/C9H14N4S/c1-14-9-12-7(11-8(10)13-9)6-4-2-3-5-6/h6H,2-5H2,1H3,(H2,10,11,12,13). The van der Waals surface area contributed by atoms with Crippen LogP contribution in [0.4, 0.5) is 5.95 Å². The van der Waals surface area contributed by atoms with Crippen LogP contribution >= 0.6 is 11.8 Å². The predicted octanol–water partition coefficient (Wildman–Crippen LogP) is 1.83. The molecule has 0 spiro atoms. The Kier molecular flexibility index (Phi) is 2.86. The Hall–Kier alpha value is -0.840. The normalized spacial score (nSPS) is 17.5. The van der Waals surface area contributed by atoms with Crippen LogP contribution in [0.5, 0.6) is 0 Å². The Labute approximate surface area is 87.7 Å². The Balaban J connectivity index is 2.27. The summed E-state index contributed by atoms with van der Waals surface area (Å²) in [6.07, 6.45) is 6.90. The SMILES string of the molecule is CSc1nc(N)nc(C2CCCC2)n1. The molecule has 0 aromatic carbocycles. The highest BCUT2D eigenvalue weighted by molar-refractivity contribution is 7.98. The molecule has 1 aliphatic rings. The summed E-state index contributed by atoms with van der Waals surface area (Å²) in [5, 5.41) is 0.736. The van der Waals surface area contributed by atoms with Gasteiger partial charge in [-0.1, -0.05) is 24.6 Å². The molecule has 0 unspecified atom stereocenters. The summed E-state index contributed by atoms with van der Waals surface area (Å²) in [5.74, 6) is 1.75. The van der Waals surface area contributed by atoms with E-state index in [4.69, 9.17) is 5.73 Å². The molecule has 0 radical (unpaired) electrons. The Morgan fingerprint density at radius 2 is 1.93 bits per heavy atom. The average molecular weight is 210 g/mol. The quantitative estimate of drug-likeness (QED) is 0.754. The van der Waals surface area contributed by atoms with Crippen molar-refractivity contribution in [2.24, 2.45) is 0 Å². The van der Waals surface area contributed by atoms with E-state index in [0.29, 0.717) is 11.9 Å². The molecule has 14 heavy (non-hydrogen) atoms. The molecule has 0 aliphatic heterocycles. The zero-order valence-electron chi connectivity index (χ0n) is 8.23. The van der Waals surface area contributed by atoms with Crippen molar-refractivity contribution in [1.29, 1.82) is 0 Å². The Bertz CT molecular complexity index is 323. The van der Waals surface area contributed by atoms with E-state index in [0.717, 1.165) is 11.0 Å². The molecule has 76 valence electrons. The van der Waals surface area contributed by atoms with Crippen molar-refractivity contribution in [2.75, 3.05) is 12.0 Å². The number of anilines is 1. The van der Waals surface area contributed by atoms with E-state index >= 15 is 0 Å². The van der Waals surface area contributed by atoms with Gasteiger partial charge in [0.1, 0.15) is 5.82 Å². The van der Waals surface area contributed by atoms with Gasteiger partial charge in [-0.2, -0.15) is 9.97 Å². The third-order valence-corrected chi connectivity index (χ3v) is 3.10. The van der Waals surface area contributed by atoms with Crippen molar-refractivity contribution in [2.45, 2.75) is 36.8 Å². The molecule has 1 aliphatic carbocycles. The molecule has 1 saturated carbocycles. The number of rotatable bonds is 2. The minimum Gasteiger partial charge on any atom is -0.368 e. The molecular formula is C9H14N4S. The summed E-state index contributed by atoms with van der Waals surface area (Å²) in [4.78, 5) is 12.6. The van der Waals surface area contributed by atoms with Gasteiger partial charge in [0.15, 0.2) is 5.16 Å². The lowest BCUT2D eigenvalue weighted by molar-refractivity contribution is 0.646. The van der Waals surface area contributed by atoms with Crippen LogP contribution in [0, 0.1) is 0 Å². The fraction of sp³-hybridized carbons (Fsp3) is 0.667. The third-order valence-electron chi connectivity index (χ3n) is 2.55. The molecule has 1 aromatic heterocycles. The minimum atomic E-state index is 0.353. The number of nitrogens with two attached hydrogens (primary N) is 1. The zero-order valence-corrected chi connectivity index (χ0v) is 9.05. The van der Waals surface area contributed by atoms with Gasteiger partial charge in [-0.3, -0.25) is 0 Å². The number of aromatic nitrogens is 3. The molecule has 1 aromatic rings. The van der Waals surface area contributed by atoms with E-state index in [9.17, 15) is 0 Å². The molecule has 0 saturated heterocycles. The summed E-state index contributed by atoms with van der Waals surface area (Å²) in [6.45, 7) is 0. The fourth-order valence-corrected chi connectivity index (χ4v) is 2.22. The van der Waals surface area contributed by atoms with Crippen LogP contribution in [0.25, 0.3) is 0 Å². The average Bonchev–Trinajstić information content (AvgIpc) is 2.69. The van der Waals surface area contributed by atoms with Crippen LogP contribution in [0.15, 0.2) is 5.16 Å². The van der Waals surface area contributed by atoms with E-state index in [-0.39, 0.29) is 0 Å². The molecule has 0 atom stereocenters. The number of hydrogen-bond acceptors (Lipinski definition) is 5. The van der Waals surface area contributed by atoms with E-state index in [1.807, 2.05) is 6.26 Å². The molecule has 2 rings (SSSR count). The summed E-state index contributed by atoms with van der Waals surface area (Å²) in [5.41, 5.74) is 5.63. The van der Waals surface area contributed by atoms with Crippen LogP contribution < -0.4 is 5.73 Å². The van der Waals surface area contributed by atoms with Crippen LogP contribution in [0.1, 0.15) is 37.4 Å². The first-order valence-electron chi connectivity index (χ1n) is 4.85. The van der Waals surface area contributed by atoms with E-state index in [1.54, 1.807) is 0 Å². The Morgan fingerprint density at radius 3 is 2.57 bits per heavy atom. The van der Waals surface area contributed by atoms with Crippen molar-refractivity contribution in [3.8, 4) is 0 Å². The maximum Gasteiger partial charge on any atom is 0.224 e. The summed E-state index contributed by atoms with van der Waals surface area (Å²) in [6, 6.07) is 0. The second kappa shape index (κ2) is 4.13. The monoisotopic (exact) mass is 210 g/mol. The van der Waals surface area contributed by atoms with Crippen LogP contribution in [0.3, 0.4) is 0 Å². The lowest BCUT2D eigenvalue weighted by atomic mass is 10.1. The molecule has 2 N–H and O–H groups in total. The van der Waals surface area contributed by atoms with Gasteiger partial charge < -0.3 is 5.73 Å². The first-order valence-corrected chi connectivity index (χ1v) is 6.07. The number of nitrogens with zero attached hydrogens (tertiary/aromatic N) is 3. The molecule has 5 heteroatoms. The lowest BCUT2D eigenvalue weighted by Gasteiger charge is -2.08. The van der Waals surface area contributed by atoms with Crippen LogP contribution in [-0.2, 0) is 0 Å². The second-order valence-corrected chi connectivity index (χ2v) is 4.29. The minimum absolute atomic E-state index is 0.353. The van der Waals surface area contributed by atoms with Crippen LogP contribution in [0.2, 0.25) is 0 Å². The van der Waals surface area contributed by atoms with Gasteiger partial charge in [0, 0.05) is 5.92 Å². The third kappa shape index (κ3) is 1.97. The molecule has 4 nitrogen and oxygen atoms in total. The first kappa shape index (κ1) is 9.71. The van der Waals surface area contributed by atoms with Crippen molar-refractivity contribution < 1.29 is 0 Å². The van der Waals surface area contributed by atoms with Crippen molar-refractivity contribution >= 4 is 17.7 Å². The zero-order chi connectivity index (χ0) is 9.97. The molecule has 1 fully saturated rings. The van der Waals surface area contributed by atoms with Crippen molar-refractivity contribution in [1.82, 2.24) is 15.0 Å². The maximum absolute atomic E-state index is 5.63. The number of hydrogen-bond donors (Lipinski definition) is 1. The van der Waals surface area contributed by atoms with Gasteiger partial charge in [-0.25, -0.2) is 4.98 Å². The van der Waals surface area contributed by atoms with E-state index in [1.165, 1.54) is 37.4 Å². The molecule has 1 heterocycles. The maximum atomic E-state index is 5.63. The second-order valence-electron chi connectivity index (χ2n) is 3.52. The van der Waals surface area contributed by atoms with Crippen molar-refractivity contribution in [3.63, 3.8) is 0 Å². The lowest BCUT2D eigenvalue weighted by Crippen LogP contribution is -2.07. The largest absolute Gasteiger partial charge is 0.368 e. The Morgan fingerprint density at radius 1 is 1.21 bits per heavy atom. The van der Waals surface area contributed by atoms with Gasteiger partial charge in [0.05, 0.1) is 0 Å². The predicted molar refractivity (Wildman–Crippen MR) is 57.2 cm³/mol. The number of thioether (sulfide) groups is 1. The smallest absolute Gasteiger partial charge is 0.224 e. The van der Waals surface area contributed by atoms with Crippen LogP contribution in [-0.4, -0.2) is 21.2 Å². The molecular weight excluding hydrogens is 196 g/mol. The highest BCUT2D eigenvalue weighted by atomic mass is 32.2. The molecule has 0 bridgehead atoms. The van der Waals surface area contributed by atoms with E-state index < -0.39 is 0 Å². The first-order chi connectivity index (χ1) is 6.79. The van der Waals surface area contributed by atoms with Crippen molar-refractivity contribution in [3.05, 3.63) is 5.82 Å². The van der Waals surface area contributed by atoms with E-state index in [2.05, 4.69) is 15.0 Å². The highest BCUT2D eigenvalue weighted by Crippen LogP contribution is 2.32. The highest BCUT2D eigenvalue weighted by Gasteiger charge is 2.20. The van der Waals surface area contributed by atoms with Gasteiger partial charge in [0.2, 0.25) is 5.95 Å².